The zero-order valence-corrected chi connectivity index (χ0v) is 19.0. The Balaban J connectivity index is 1.53. The van der Waals surface area contributed by atoms with Gasteiger partial charge in [-0.3, -0.25) is 9.59 Å². The number of nitrogens with one attached hydrogen (secondary N) is 2. The molecular formula is C25H24ClN3O4. The summed E-state index contributed by atoms with van der Waals surface area (Å²) in [6, 6.07) is 20.5. The van der Waals surface area contributed by atoms with Crippen LogP contribution in [0.3, 0.4) is 0 Å². The second-order valence-corrected chi connectivity index (χ2v) is 7.55. The average Bonchev–Trinajstić information content (AvgIpc) is 2.84. The van der Waals surface area contributed by atoms with E-state index in [4.69, 9.17) is 21.1 Å². The van der Waals surface area contributed by atoms with Crippen LogP contribution in [0.2, 0.25) is 5.02 Å². The van der Waals surface area contributed by atoms with Gasteiger partial charge in [-0.2, -0.15) is 5.10 Å². The fraction of sp³-hybridized carbons (Fsp3) is 0.160. The summed E-state index contributed by atoms with van der Waals surface area (Å²) >= 11 is 5.91. The van der Waals surface area contributed by atoms with Crippen molar-refractivity contribution in [3.05, 3.63) is 94.5 Å². The summed E-state index contributed by atoms with van der Waals surface area (Å²) in [5.41, 5.74) is 4.53. The Labute approximate surface area is 197 Å². The van der Waals surface area contributed by atoms with Crippen molar-refractivity contribution in [2.24, 2.45) is 5.10 Å². The summed E-state index contributed by atoms with van der Waals surface area (Å²) in [4.78, 5) is 24.6. The zero-order chi connectivity index (χ0) is 23.6. The molecule has 0 saturated carbocycles. The number of hydrogen-bond donors (Lipinski definition) is 2. The van der Waals surface area contributed by atoms with Crippen LogP contribution in [-0.2, 0) is 11.4 Å². The fourth-order valence-corrected chi connectivity index (χ4v) is 2.94. The number of nitrogens with zero attached hydrogens (tertiary/aromatic N) is 1. The van der Waals surface area contributed by atoms with E-state index in [2.05, 4.69) is 15.8 Å². The van der Waals surface area contributed by atoms with Crippen LogP contribution in [0.5, 0.6) is 11.5 Å². The first kappa shape index (κ1) is 23.8. The second-order valence-electron chi connectivity index (χ2n) is 7.11. The standard InChI is InChI=1S/C25H24ClN3O4/c1-17(28-25(31)19-9-13-22(32-2)14-10-19)24(30)29-27-15-20-5-3-4-6-23(20)33-16-18-7-11-21(26)12-8-18/h3-15,17H,16H2,1-2H3,(H,28,31)(H,29,30). The second kappa shape index (κ2) is 11.7. The van der Waals surface area contributed by atoms with Crippen molar-refractivity contribution in [1.82, 2.24) is 10.7 Å². The first-order valence-electron chi connectivity index (χ1n) is 10.2. The van der Waals surface area contributed by atoms with Gasteiger partial charge in [-0.25, -0.2) is 5.43 Å². The van der Waals surface area contributed by atoms with Gasteiger partial charge < -0.3 is 14.8 Å². The number of carbonyl (C=O) groups excluding carboxylic acids is 2. The minimum absolute atomic E-state index is 0.364. The van der Waals surface area contributed by atoms with Gasteiger partial charge in [0.1, 0.15) is 24.1 Å². The van der Waals surface area contributed by atoms with E-state index in [0.717, 1.165) is 5.56 Å². The minimum Gasteiger partial charge on any atom is -0.497 e. The molecule has 3 aromatic rings. The molecule has 0 aromatic heterocycles. The third-order valence-electron chi connectivity index (χ3n) is 4.70. The molecule has 0 radical (unpaired) electrons. The number of para-hydroxylation sites is 1. The molecule has 1 unspecified atom stereocenters. The third-order valence-corrected chi connectivity index (χ3v) is 4.95. The minimum atomic E-state index is -0.784. The molecule has 2 N–H and O–H groups in total. The van der Waals surface area contributed by atoms with Gasteiger partial charge in [0.05, 0.1) is 13.3 Å². The number of halogens is 1. The Morgan fingerprint density at radius 1 is 1.03 bits per heavy atom. The Kier molecular flexibility index (Phi) is 8.43. The SMILES string of the molecule is COc1ccc(C(=O)NC(C)C(=O)NN=Cc2ccccc2OCc2ccc(Cl)cc2)cc1. The van der Waals surface area contributed by atoms with E-state index < -0.39 is 11.9 Å². The van der Waals surface area contributed by atoms with Crippen molar-refractivity contribution >= 4 is 29.6 Å². The first-order valence-corrected chi connectivity index (χ1v) is 10.6. The molecule has 0 fully saturated rings. The molecule has 8 heteroatoms. The Morgan fingerprint density at radius 2 is 1.73 bits per heavy atom. The number of methoxy groups -OCH3 is 1. The van der Waals surface area contributed by atoms with Gasteiger partial charge in [0.2, 0.25) is 0 Å². The highest BCUT2D eigenvalue weighted by atomic mass is 35.5. The highest BCUT2D eigenvalue weighted by molar-refractivity contribution is 6.30. The number of amides is 2. The summed E-state index contributed by atoms with van der Waals surface area (Å²) in [5.74, 6) is 0.438. The molecule has 33 heavy (non-hydrogen) atoms. The van der Waals surface area contributed by atoms with Crippen molar-refractivity contribution < 1.29 is 19.1 Å². The lowest BCUT2D eigenvalue weighted by molar-refractivity contribution is -0.122. The molecule has 0 aliphatic rings. The lowest BCUT2D eigenvalue weighted by atomic mass is 10.2. The molecule has 0 heterocycles. The summed E-state index contributed by atoms with van der Waals surface area (Å²) in [7, 11) is 1.55. The van der Waals surface area contributed by atoms with Crippen LogP contribution in [0.1, 0.15) is 28.4 Å². The number of ether oxygens (including phenoxy) is 2. The average molecular weight is 466 g/mol. The van der Waals surface area contributed by atoms with Crippen LogP contribution < -0.4 is 20.2 Å². The van der Waals surface area contributed by atoms with E-state index in [0.29, 0.717) is 34.3 Å². The molecule has 0 saturated heterocycles. The van der Waals surface area contributed by atoms with Crippen LogP contribution >= 0.6 is 11.6 Å². The summed E-state index contributed by atoms with van der Waals surface area (Å²) in [6.07, 6.45) is 1.49. The monoisotopic (exact) mass is 465 g/mol. The van der Waals surface area contributed by atoms with E-state index in [1.165, 1.54) is 6.21 Å². The molecule has 0 aliphatic carbocycles. The molecule has 1 atom stereocenters. The molecule has 3 aromatic carbocycles. The normalized spacial score (nSPS) is 11.6. The van der Waals surface area contributed by atoms with Crippen molar-refractivity contribution in [1.29, 1.82) is 0 Å². The maximum atomic E-state index is 12.3. The molecule has 2 amide bonds. The largest absolute Gasteiger partial charge is 0.497 e. The van der Waals surface area contributed by atoms with Gasteiger partial charge in [0.25, 0.3) is 11.8 Å². The van der Waals surface area contributed by atoms with Gasteiger partial charge in [-0.1, -0.05) is 35.9 Å². The first-order chi connectivity index (χ1) is 16.0. The summed E-state index contributed by atoms with van der Waals surface area (Å²) in [5, 5.41) is 7.30. The summed E-state index contributed by atoms with van der Waals surface area (Å²) < 4.78 is 10.9. The maximum Gasteiger partial charge on any atom is 0.262 e. The molecule has 0 bridgehead atoms. The lowest BCUT2D eigenvalue weighted by Gasteiger charge is -2.12. The van der Waals surface area contributed by atoms with E-state index >= 15 is 0 Å². The fourth-order valence-electron chi connectivity index (χ4n) is 2.81. The highest BCUT2D eigenvalue weighted by Gasteiger charge is 2.16. The zero-order valence-electron chi connectivity index (χ0n) is 18.2. The Morgan fingerprint density at radius 3 is 2.42 bits per heavy atom. The number of carbonyl (C=O) groups is 2. The van der Waals surface area contributed by atoms with E-state index in [1.54, 1.807) is 50.4 Å². The quantitative estimate of drug-likeness (QED) is 0.366. The Hall–Kier alpha value is -3.84. The Bertz CT molecular complexity index is 1120. The van der Waals surface area contributed by atoms with E-state index in [9.17, 15) is 9.59 Å². The predicted octanol–water partition coefficient (Wildman–Crippen LogP) is 4.20. The van der Waals surface area contributed by atoms with Gasteiger partial charge in [-0.05, 0) is 61.0 Å². The number of rotatable bonds is 9. The molecule has 7 nitrogen and oxygen atoms in total. The highest BCUT2D eigenvalue weighted by Crippen LogP contribution is 2.18. The van der Waals surface area contributed by atoms with Crippen molar-refractivity contribution in [3.8, 4) is 11.5 Å². The van der Waals surface area contributed by atoms with Crippen LogP contribution in [0.25, 0.3) is 0 Å². The van der Waals surface area contributed by atoms with Crippen molar-refractivity contribution in [2.45, 2.75) is 19.6 Å². The van der Waals surface area contributed by atoms with Crippen molar-refractivity contribution in [3.63, 3.8) is 0 Å². The van der Waals surface area contributed by atoms with Crippen LogP contribution in [-0.4, -0.2) is 31.2 Å². The lowest BCUT2D eigenvalue weighted by Crippen LogP contribution is -2.43. The number of benzene rings is 3. The molecule has 0 spiro atoms. The summed E-state index contributed by atoms with van der Waals surface area (Å²) in [6.45, 7) is 1.94. The number of hydrogen-bond acceptors (Lipinski definition) is 5. The number of hydrazone groups is 1. The molecule has 3 rings (SSSR count). The van der Waals surface area contributed by atoms with Gasteiger partial charge >= 0.3 is 0 Å². The van der Waals surface area contributed by atoms with Crippen LogP contribution in [0.4, 0.5) is 0 Å². The maximum absolute atomic E-state index is 12.3. The predicted molar refractivity (Wildman–Crippen MR) is 128 cm³/mol. The van der Waals surface area contributed by atoms with Gasteiger partial charge in [0, 0.05) is 16.1 Å². The molecule has 170 valence electrons. The molecule has 0 aliphatic heterocycles. The van der Waals surface area contributed by atoms with Gasteiger partial charge in [0.15, 0.2) is 0 Å². The third kappa shape index (κ3) is 7.08. The van der Waals surface area contributed by atoms with Gasteiger partial charge in [-0.15, -0.1) is 0 Å². The van der Waals surface area contributed by atoms with Crippen molar-refractivity contribution in [2.75, 3.05) is 7.11 Å². The van der Waals surface area contributed by atoms with Crippen LogP contribution in [0.15, 0.2) is 77.9 Å². The topological polar surface area (TPSA) is 89.0 Å². The van der Waals surface area contributed by atoms with E-state index in [1.807, 2.05) is 36.4 Å². The van der Waals surface area contributed by atoms with Crippen LogP contribution in [0, 0.1) is 0 Å². The molecular weight excluding hydrogens is 442 g/mol. The smallest absolute Gasteiger partial charge is 0.262 e. The van der Waals surface area contributed by atoms with E-state index in [-0.39, 0.29) is 5.91 Å².